The Hall–Kier alpha value is -1.39. The Labute approximate surface area is 133 Å². The molecular weight excluding hydrogens is 278 g/mol. The van der Waals surface area contributed by atoms with E-state index in [2.05, 4.69) is 11.9 Å². The number of ketones is 1. The van der Waals surface area contributed by atoms with E-state index in [0.29, 0.717) is 23.9 Å². The summed E-state index contributed by atoms with van der Waals surface area (Å²) in [6.07, 6.45) is 5.85. The van der Waals surface area contributed by atoms with Crippen LogP contribution in [0.4, 0.5) is 0 Å². The monoisotopic (exact) mass is 305 g/mol. The van der Waals surface area contributed by atoms with Crippen LogP contribution in [0.5, 0.6) is 5.75 Å². The number of aliphatic hydroxyl groups excluding tert-OH is 1. The van der Waals surface area contributed by atoms with Gasteiger partial charge in [-0.2, -0.15) is 0 Å². The minimum Gasteiger partial charge on any atom is -0.491 e. The van der Waals surface area contributed by atoms with Gasteiger partial charge >= 0.3 is 0 Å². The summed E-state index contributed by atoms with van der Waals surface area (Å²) in [5, 5.41) is 10.2. The van der Waals surface area contributed by atoms with Crippen molar-refractivity contribution >= 4 is 5.78 Å². The standard InChI is InChI=1S/C18H27NO3/c1-14(20)15-7-6-10-18(11-15)22-13-17(21)12-19(2)16-8-4-3-5-9-16/h6-7,10-11,16-17,21H,3-5,8-9,12-13H2,1-2H3. The summed E-state index contributed by atoms with van der Waals surface area (Å²) < 4.78 is 5.62. The van der Waals surface area contributed by atoms with Crippen LogP contribution in [-0.4, -0.2) is 48.1 Å². The summed E-state index contributed by atoms with van der Waals surface area (Å²) in [5.74, 6) is 0.648. The quantitative estimate of drug-likeness (QED) is 0.787. The fourth-order valence-corrected chi connectivity index (χ4v) is 3.05. The molecule has 0 spiro atoms. The average molecular weight is 305 g/mol. The predicted molar refractivity (Wildman–Crippen MR) is 87.5 cm³/mol. The van der Waals surface area contributed by atoms with Gasteiger partial charge in [-0.3, -0.25) is 4.79 Å². The van der Waals surface area contributed by atoms with Gasteiger partial charge in [-0.15, -0.1) is 0 Å². The summed E-state index contributed by atoms with van der Waals surface area (Å²) >= 11 is 0. The molecule has 122 valence electrons. The molecule has 1 aliphatic rings. The highest BCUT2D eigenvalue weighted by Crippen LogP contribution is 2.21. The highest BCUT2D eigenvalue weighted by Gasteiger charge is 2.20. The molecule has 1 aliphatic carbocycles. The maximum Gasteiger partial charge on any atom is 0.159 e. The highest BCUT2D eigenvalue weighted by atomic mass is 16.5. The molecule has 1 fully saturated rings. The molecule has 0 aliphatic heterocycles. The van der Waals surface area contributed by atoms with Crippen LogP contribution in [0, 0.1) is 0 Å². The Morgan fingerprint density at radius 1 is 1.36 bits per heavy atom. The lowest BCUT2D eigenvalue weighted by Crippen LogP contribution is -2.40. The fraction of sp³-hybridized carbons (Fsp3) is 0.611. The molecule has 1 saturated carbocycles. The Morgan fingerprint density at radius 3 is 2.77 bits per heavy atom. The van der Waals surface area contributed by atoms with Crippen molar-refractivity contribution in [3.05, 3.63) is 29.8 Å². The molecular formula is C18H27NO3. The van der Waals surface area contributed by atoms with E-state index in [1.807, 2.05) is 6.07 Å². The Kier molecular flexibility index (Phi) is 6.40. The SMILES string of the molecule is CC(=O)c1cccc(OCC(O)CN(C)C2CCCCC2)c1. The number of hydrogen-bond acceptors (Lipinski definition) is 4. The van der Waals surface area contributed by atoms with Crippen molar-refractivity contribution in [3.63, 3.8) is 0 Å². The second-order valence-electron chi connectivity index (χ2n) is 6.28. The first-order valence-electron chi connectivity index (χ1n) is 8.18. The van der Waals surface area contributed by atoms with Crippen LogP contribution in [0.1, 0.15) is 49.4 Å². The third-order valence-corrected chi connectivity index (χ3v) is 4.38. The van der Waals surface area contributed by atoms with Crippen LogP contribution in [-0.2, 0) is 0 Å². The summed E-state index contributed by atoms with van der Waals surface area (Å²) in [6, 6.07) is 7.68. The van der Waals surface area contributed by atoms with Gasteiger partial charge in [-0.05, 0) is 38.9 Å². The van der Waals surface area contributed by atoms with Crippen molar-refractivity contribution in [3.8, 4) is 5.75 Å². The summed E-state index contributed by atoms with van der Waals surface area (Å²) in [7, 11) is 2.08. The number of Topliss-reactive ketones (excluding diaryl/α,β-unsaturated/α-hetero) is 1. The van der Waals surface area contributed by atoms with Crippen molar-refractivity contribution in [2.45, 2.75) is 51.2 Å². The van der Waals surface area contributed by atoms with E-state index in [4.69, 9.17) is 4.74 Å². The second-order valence-corrected chi connectivity index (χ2v) is 6.28. The van der Waals surface area contributed by atoms with Crippen LogP contribution in [0.2, 0.25) is 0 Å². The number of rotatable bonds is 7. The molecule has 0 radical (unpaired) electrons. The molecule has 1 unspecified atom stereocenters. The first-order chi connectivity index (χ1) is 10.6. The Bertz CT molecular complexity index is 483. The number of carbonyl (C=O) groups excluding carboxylic acids is 1. The zero-order valence-electron chi connectivity index (χ0n) is 13.6. The van der Waals surface area contributed by atoms with E-state index in [9.17, 15) is 9.90 Å². The highest BCUT2D eigenvalue weighted by molar-refractivity contribution is 5.94. The minimum atomic E-state index is -0.520. The topological polar surface area (TPSA) is 49.8 Å². The largest absolute Gasteiger partial charge is 0.491 e. The number of carbonyl (C=O) groups is 1. The van der Waals surface area contributed by atoms with Gasteiger partial charge in [-0.25, -0.2) is 0 Å². The van der Waals surface area contributed by atoms with Gasteiger partial charge in [0.2, 0.25) is 0 Å². The molecule has 0 saturated heterocycles. The second kappa shape index (κ2) is 8.30. The number of benzene rings is 1. The van der Waals surface area contributed by atoms with E-state index < -0.39 is 6.10 Å². The molecule has 22 heavy (non-hydrogen) atoms. The summed E-state index contributed by atoms with van der Waals surface area (Å²) in [5.41, 5.74) is 0.631. The van der Waals surface area contributed by atoms with Crippen molar-refractivity contribution in [2.75, 3.05) is 20.2 Å². The molecule has 4 heteroatoms. The summed E-state index contributed by atoms with van der Waals surface area (Å²) in [6.45, 7) is 2.41. The molecule has 0 amide bonds. The van der Waals surface area contributed by atoms with Gasteiger partial charge in [0, 0.05) is 18.2 Å². The van der Waals surface area contributed by atoms with Gasteiger partial charge in [-0.1, -0.05) is 31.4 Å². The van der Waals surface area contributed by atoms with E-state index in [-0.39, 0.29) is 12.4 Å². The number of hydrogen-bond donors (Lipinski definition) is 1. The normalized spacial score (nSPS) is 17.5. The number of aliphatic hydroxyl groups is 1. The molecule has 1 atom stereocenters. The van der Waals surface area contributed by atoms with E-state index >= 15 is 0 Å². The minimum absolute atomic E-state index is 0.0167. The third kappa shape index (κ3) is 5.11. The van der Waals surface area contributed by atoms with E-state index in [1.54, 1.807) is 18.2 Å². The van der Waals surface area contributed by atoms with E-state index in [0.717, 1.165) is 0 Å². The first kappa shape index (κ1) is 17.0. The van der Waals surface area contributed by atoms with Gasteiger partial charge in [0.15, 0.2) is 5.78 Å². The van der Waals surface area contributed by atoms with Crippen molar-refractivity contribution in [2.24, 2.45) is 0 Å². The summed E-state index contributed by atoms with van der Waals surface area (Å²) in [4.78, 5) is 13.6. The van der Waals surface area contributed by atoms with E-state index in [1.165, 1.54) is 39.0 Å². The molecule has 1 N–H and O–H groups in total. The Balaban J connectivity index is 1.78. The van der Waals surface area contributed by atoms with Crippen LogP contribution in [0.3, 0.4) is 0 Å². The lowest BCUT2D eigenvalue weighted by molar-refractivity contribution is 0.0561. The average Bonchev–Trinajstić information content (AvgIpc) is 2.54. The van der Waals surface area contributed by atoms with Crippen LogP contribution >= 0.6 is 0 Å². The van der Waals surface area contributed by atoms with Gasteiger partial charge < -0.3 is 14.7 Å². The smallest absolute Gasteiger partial charge is 0.159 e. The number of nitrogens with zero attached hydrogens (tertiary/aromatic N) is 1. The fourth-order valence-electron chi connectivity index (χ4n) is 3.05. The van der Waals surface area contributed by atoms with Crippen LogP contribution in [0.15, 0.2) is 24.3 Å². The molecule has 1 aromatic carbocycles. The van der Waals surface area contributed by atoms with Gasteiger partial charge in [0.1, 0.15) is 18.5 Å². The van der Waals surface area contributed by atoms with Crippen LogP contribution in [0.25, 0.3) is 0 Å². The molecule has 0 aromatic heterocycles. The van der Waals surface area contributed by atoms with Crippen molar-refractivity contribution < 1.29 is 14.6 Å². The Morgan fingerprint density at radius 2 is 2.09 bits per heavy atom. The zero-order valence-corrected chi connectivity index (χ0v) is 13.6. The number of likely N-dealkylation sites (N-methyl/N-ethyl adjacent to an activating group) is 1. The van der Waals surface area contributed by atoms with Crippen molar-refractivity contribution in [1.82, 2.24) is 4.90 Å². The lowest BCUT2D eigenvalue weighted by Gasteiger charge is -2.32. The maximum atomic E-state index is 11.3. The third-order valence-electron chi connectivity index (χ3n) is 4.38. The molecule has 1 aromatic rings. The predicted octanol–water partition coefficient (Wildman–Crippen LogP) is 2.89. The molecule has 0 bridgehead atoms. The molecule has 0 heterocycles. The molecule has 4 nitrogen and oxygen atoms in total. The van der Waals surface area contributed by atoms with Gasteiger partial charge in [0.25, 0.3) is 0 Å². The molecule has 2 rings (SSSR count). The lowest BCUT2D eigenvalue weighted by atomic mass is 9.94. The zero-order chi connectivity index (χ0) is 15.9. The van der Waals surface area contributed by atoms with Crippen molar-refractivity contribution in [1.29, 1.82) is 0 Å². The van der Waals surface area contributed by atoms with Crippen LogP contribution < -0.4 is 4.74 Å². The number of ether oxygens (including phenoxy) is 1. The maximum absolute atomic E-state index is 11.3. The van der Waals surface area contributed by atoms with Gasteiger partial charge in [0.05, 0.1) is 0 Å². The first-order valence-corrected chi connectivity index (χ1v) is 8.18.